The van der Waals surface area contributed by atoms with Gasteiger partial charge in [-0.3, -0.25) is 4.79 Å². The zero-order valence-electron chi connectivity index (χ0n) is 17.2. The van der Waals surface area contributed by atoms with E-state index in [1.54, 1.807) is 50.4 Å². The molecule has 1 N–H and O–H groups in total. The maximum absolute atomic E-state index is 12.2. The predicted octanol–water partition coefficient (Wildman–Crippen LogP) is 4.85. The number of nitrogens with zero attached hydrogens (tertiary/aromatic N) is 1. The van der Waals surface area contributed by atoms with Crippen LogP contribution in [0.3, 0.4) is 0 Å². The van der Waals surface area contributed by atoms with E-state index in [1.807, 2.05) is 36.4 Å². The highest BCUT2D eigenvalue weighted by Gasteiger charge is 2.14. The molecule has 3 aromatic rings. The molecule has 0 aliphatic carbocycles. The third kappa shape index (κ3) is 6.76. The Morgan fingerprint density at radius 3 is 2.52 bits per heavy atom. The van der Waals surface area contributed by atoms with Crippen molar-refractivity contribution in [1.82, 2.24) is 5.43 Å². The maximum Gasteiger partial charge on any atom is 0.280 e. The third-order valence-electron chi connectivity index (χ3n) is 4.31. The van der Waals surface area contributed by atoms with Crippen molar-refractivity contribution in [3.8, 4) is 17.2 Å². The molecule has 7 heteroatoms. The standard InChI is InChI=1S/C24H23ClN2O4/c1-17(31-21-11-9-20(25)10-12-21)24(28)27-26-15-19-8-13-22(23(14-19)29-2)30-16-18-6-4-3-5-7-18/h3-15,17H,16H2,1-2H3,(H,27,28). The minimum atomic E-state index is -0.721. The SMILES string of the molecule is COc1cc(C=NNC(=O)C(C)Oc2ccc(Cl)cc2)ccc1OCc1ccccc1. The molecule has 3 aromatic carbocycles. The van der Waals surface area contributed by atoms with E-state index in [1.165, 1.54) is 6.21 Å². The predicted molar refractivity (Wildman–Crippen MR) is 121 cm³/mol. The highest BCUT2D eigenvalue weighted by molar-refractivity contribution is 6.30. The number of halogens is 1. The van der Waals surface area contributed by atoms with Crippen LogP contribution in [0.2, 0.25) is 5.02 Å². The number of carbonyl (C=O) groups excluding carboxylic acids is 1. The number of hydrazone groups is 1. The number of methoxy groups -OCH3 is 1. The quantitative estimate of drug-likeness (QED) is 0.383. The molecular formula is C24H23ClN2O4. The fourth-order valence-corrected chi connectivity index (χ4v) is 2.78. The zero-order valence-corrected chi connectivity index (χ0v) is 18.0. The van der Waals surface area contributed by atoms with Gasteiger partial charge in [-0.05, 0) is 60.5 Å². The third-order valence-corrected chi connectivity index (χ3v) is 4.56. The minimum Gasteiger partial charge on any atom is -0.493 e. The molecular weight excluding hydrogens is 416 g/mol. The smallest absolute Gasteiger partial charge is 0.280 e. The minimum absolute atomic E-state index is 0.374. The van der Waals surface area contributed by atoms with E-state index in [-0.39, 0.29) is 5.91 Å². The lowest BCUT2D eigenvalue weighted by atomic mass is 10.2. The van der Waals surface area contributed by atoms with Crippen molar-refractivity contribution in [3.63, 3.8) is 0 Å². The summed E-state index contributed by atoms with van der Waals surface area (Å²) in [5.74, 6) is 1.37. The van der Waals surface area contributed by atoms with Crippen LogP contribution in [-0.2, 0) is 11.4 Å². The molecule has 0 bridgehead atoms. The first kappa shape index (κ1) is 22.2. The maximum atomic E-state index is 12.2. The van der Waals surface area contributed by atoms with Crippen molar-refractivity contribution < 1.29 is 19.0 Å². The Labute approximate surface area is 186 Å². The second kappa shape index (κ2) is 11.0. The van der Waals surface area contributed by atoms with Gasteiger partial charge in [-0.1, -0.05) is 41.9 Å². The normalized spacial score (nSPS) is 11.7. The average molecular weight is 439 g/mol. The molecule has 0 saturated heterocycles. The summed E-state index contributed by atoms with van der Waals surface area (Å²) in [5.41, 5.74) is 4.28. The Morgan fingerprint density at radius 2 is 1.81 bits per heavy atom. The van der Waals surface area contributed by atoms with E-state index >= 15 is 0 Å². The Kier molecular flexibility index (Phi) is 7.90. The molecule has 0 heterocycles. The molecule has 0 aromatic heterocycles. The lowest BCUT2D eigenvalue weighted by molar-refractivity contribution is -0.127. The highest BCUT2D eigenvalue weighted by Crippen LogP contribution is 2.28. The van der Waals surface area contributed by atoms with Crippen LogP contribution in [0, 0.1) is 0 Å². The molecule has 3 rings (SSSR count). The molecule has 0 radical (unpaired) electrons. The number of hydrogen-bond donors (Lipinski definition) is 1. The van der Waals surface area contributed by atoms with Crippen molar-refractivity contribution in [3.05, 3.63) is 88.9 Å². The molecule has 0 aliphatic rings. The van der Waals surface area contributed by atoms with Crippen LogP contribution in [0.4, 0.5) is 0 Å². The van der Waals surface area contributed by atoms with E-state index in [0.29, 0.717) is 28.9 Å². The summed E-state index contributed by atoms with van der Waals surface area (Å²) >= 11 is 5.84. The number of nitrogens with one attached hydrogen (secondary N) is 1. The van der Waals surface area contributed by atoms with E-state index in [2.05, 4.69) is 10.5 Å². The first-order chi connectivity index (χ1) is 15.0. The number of benzene rings is 3. The molecule has 0 saturated carbocycles. The van der Waals surface area contributed by atoms with Gasteiger partial charge in [0.1, 0.15) is 12.4 Å². The Hall–Kier alpha value is -3.51. The Bertz CT molecular complexity index is 1020. The van der Waals surface area contributed by atoms with Gasteiger partial charge in [0.2, 0.25) is 0 Å². The second-order valence-electron chi connectivity index (χ2n) is 6.63. The van der Waals surface area contributed by atoms with Gasteiger partial charge in [0.15, 0.2) is 17.6 Å². The van der Waals surface area contributed by atoms with Crippen molar-refractivity contribution >= 4 is 23.7 Å². The van der Waals surface area contributed by atoms with E-state index in [0.717, 1.165) is 11.1 Å². The average Bonchev–Trinajstić information content (AvgIpc) is 2.80. The molecule has 1 amide bonds. The van der Waals surface area contributed by atoms with Crippen LogP contribution in [0.1, 0.15) is 18.1 Å². The summed E-state index contributed by atoms with van der Waals surface area (Å²) < 4.78 is 16.8. The summed E-state index contributed by atoms with van der Waals surface area (Å²) in [5, 5.41) is 4.59. The number of rotatable bonds is 9. The van der Waals surface area contributed by atoms with Crippen molar-refractivity contribution in [2.75, 3.05) is 7.11 Å². The van der Waals surface area contributed by atoms with Gasteiger partial charge in [-0.2, -0.15) is 5.10 Å². The second-order valence-corrected chi connectivity index (χ2v) is 7.07. The number of carbonyl (C=O) groups is 1. The van der Waals surface area contributed by atoms with Crippen LogP contribution in [-0.4, -0.2) is 25.3 Å². The largest absolute Gasteiger partial charge is 0.493 e. The van der Waals surface area contributed by atoms with Crippen molar-refractivity contribution in [2.24, 2.45) is 5.10 Å². The summed E-state index contributed by atoms with van der Waals surface area (Å²) in [7, 11) is 1.57. The molecule has 0 fully saturated rings. The van der Waals surface area contributed by atoms with Crippen LogP contribution >= 0.6 is 11.6 Å². The van der Waals surface area contributed by atoms with Gasteiger partial charge < -0.3 is 14.2 Å². The topological polar surface area (TPSA) is 69.2 Å². The number of hydrogen-bond acceptors (Lipinski definition) is 5. The van der Waals surface area contributed by atoms with Crippen LogP contribution in [0.25, 0.3) is 0 Å². The van der Waals surface area contributed by atoms with Crippen molar-refractivity contribution in [2.45, 2.75) is 19.6 Å². The molecule has 31 heavy (non-hydrogen) atoms. The Balaban J connectivity index is 1.54. The lowest BCUT2D eigenvalue weighted by Crippen LogP contribution is -2.33. The Morgan fingerprint density at radius 1 is 1.06 bits per heavy atom. The van der Waals surface area contributed by atoms with Gasteiger partial charge in [0.05, 0.1) is 13.3 Å². The van der Waals surface area contributed by atoms with E-state index in [4.69, 9.17) is 25.8 Å². The molecule has 6 nitrogen and oxygen atoms in total. The highest BCUT2D eigenvalue weighted by atomic mass is 35.5. The lowest BCUT2D eigenvalue weighted by Gasteiger charge is -2.13. The van der Waals surface area contributed by atoms with Crippen LogP contribution < -0.4 is 19.6 Å². The fourth-order valence-electron chi connectivity index (χ4n) is 2.65. The molecule has 1 unspecified atom stereocenters. The molecule has 0 spiro atoms. The van der Waals surface area contributed by atoms with Gasteiger partial charge in [0.25, 0.3) is 5.91 Å². The van der Waals surface area contributed by atoms with E-state index < -0.39 is 6.10 Å². The molecule has 0 aliphatic heterocycles. The van der Waals surface area contributed by atoms with Crippen LogP contribution in [0.15, 0.2) is 77.9 Å². The summed E-state index contributed by atoms with van der Waals surface area (Å²) in [4.78, 5) is 12.2. The summed E-state index contributed by atoms with van der Waals surface area (Å²) in [6.45, 7) is 2.08. The van der Waals surface area contributed by atoms with Gasteiger partial charge >= 0.3 is 0 Å². The molecule has 160 valence electrons. The summed E-state index contributed by atoms with van der Waals surface area (Å²) in [6, 6.07) is 22.1. The fraction of sp³-hybridized carbons (Fsp3) is 0.167. The zero-order chi connectivity index (χ0) is 22.1. The first-order valence-corrected chi connectivity index (χ1v) is 10.0. The number of amides is 1. The van der Waals surface area contributed by atoms with Gasteiger partial charge in [-0.15, -0.1) is 0 Å². The van der Waals surface area contributed by atoms with Gasteiger partial charge in [-0.25, -0.2) is 5.43 Å². The first-order valence-electron chi connectivity index (χ1n) is 9.65. The number of ether oxygens (including phenoxy) is 3. The monoisotopic (exact) mass is 438 g/mol. The van der Waals surface area contributed by atoms with Gasteiger partial charge in [0, 0.05) is 5.02 Å². The van der Waals surface area contributed by atoms with Crippen molar-refractivity contribution in [1.29, 1.82) is 0 Å². The molecule has 1 atom stereocenters. The van der Waals surface area contributed by atoms with E-state index in [9.17, 15) is 4.79 Å². The summed E-state index contributed by atoms with van der Waals surface area (Å²) in [6.07, 6.45) is 0.803. The van der Waals surface area contributed by atoms with Crippen LogP contribution in [0.5, 0.6) is 17.2 Å².